The van der Waals surface area contributed by atoms with Gasteiger partial charge in [-0.05, 0) is 13.3 Å². The zero-order chi connectivity index (χ0) is 17.9. The number of aryl methyl sites for hydroxylation is 1. The van der Waals surface area contributed by atoms with E-state index in [0.717, 1.165) is 30.0 Å². The molecule has 1 aromatic heterocycles. The standard InChI is InChI=1S/C13H13N5O5S/c1-3-4-11-15-16-13(24-11)14-12(19)8-5-9(17(20)21)7(2)10(6-8)18(22)23/h5-6H,3-4H2,1-2H3,(H,14,16,19). The second kappa shape index (κ2) is 7.08. The first kappa shape index (κ1) is 17.4. The first-order chi connectivity index (χ1) is 11.3. The molecule has 0 saturated heterocycles. The van der Waals surface area contributed by atoms with Gasteiger partial charge in [0.1, 0.15) is 10.6 Å². The Morgan fingerprint density at radius 1 is 1.21 bits per heavy atom. The molecule has 0 atom stereocenters. The van der Waals surface area contributed by atoms with Crippen LogP contribution in [0.2, 0.25) is 0 Å². The van der Waals surface area contributed by atoms with Crippen LogP contribution in [0, 0.1) is 27.2 Å². The summed E-state index contributed by atoms with van der Waals surface area (Å²) in [6.07, 6.45) is 1.59. The van der Waals surface area contributed by atoms with Gasteiger partial charge in [-0.2, -0.15) is 0 Å². The zero-order valence-corrected chi connectivity index (χ0v) is 13.6. The lowest BCUT2D eigenvalue weighted by atomic mass is 10.1. The fraction of sp³-hybridized carbons (Fsp3) is 0.308. The van der Waals surface area contributed by atoms with E-state index in [1.54, 1.807) is 0 Å². The molecule has 24 heavy (non-hydrogen) atoms. The maximum atomic E-state index is 12.2. The van der Waals surface area contributed by atoms with Crippen molar-refractivity contribution in [3.05, 3.63) is 48.5 Å². The summed E-state index contributed by atoms with van der Waals surface area (Å²) in [4.78, 5) is 32.8. The van der Waals surface area contributed by atoms with E-state index in [1.165, 1.54) is 18.3 Å². The van der Waals surface area contributed by atoms with Crippen LogP contribution in [0.4, 0.5) is 16.5 Å². The van der Waals surface area contributed by atoms with Crippen LogP contribution in [-0.4, -0.2) is 26.0 Å². The summed E-state index contributed by atoms with van der Waals surface area (Å²) in [5, 5.41) is 33.2. The number of nitro benzene ring substituents is 2. The molecule has 0 unspecified atom stereocenters. The molecule has 126 valence electrons. The minimum absolute atomic E-state index is 0.109. The molecule has 0 aliphatic heterocycles. The average Bonchev–Trinajstić information content (AvgIpc) is 2.94. The van der Waals surface area contributed by atoms with Crippen LogP contribution < -0.4 is 5.32 Å². The molecular formula is C13H13N5O5S. The van der Waals surface area contributed by atoms with Gasteiger partial charge >= 0.3 is 0 Å². The quantitative estimate of drug-likeness (QED) is 0.623. The highest BCUT2D eigenvalue weighted by Gasteiger charge is 2.25. The highest BCUT2D eigenvalue weighted by Crippen LogP contribution is 2.30. The SMILES string of the molecule is CCCc1nnc(NC(=O)c2cc([N+](=O)[O-])c(C)c([N+](=O)[O-])c2)s1. The van der Waals surface area contributed by atoms with Crippen molar-refractivity contribution in [2.75, 3.05) is 5.32 Å². The van der Waals surface area contributed by atoms with Crippen molar-refractivity contribution in [1.82, 2.24) is 10.2 Å². The molecule has 1 aromatic carbocycles. The molecule has 1 heterocycles. The van der Waals surface area contributed by atoms with Crippen molar-refractivity contribution >= 4 is 33.8 Å². The van der Waals surface area contributed by atoms with Gasteiger partial charge in [0.2, 0.25) is 5.13 Å². The highest BCUT2D eigenvalue weighted by atomic mass is 32.1. The third-order valence-electron chi connectivity index (χ3n) is 3.16. The minimum atomic E-state index is -0.761. The summed E-state index contributed by atoms with van der Waals surface area (Å²) >= 11 is 1.18. The van der Waals surface area contributed by atoms with E-state index in [2.05, 4.69) is 15.5 Å². The van der Waals surface area contributed by atoms with Gasteiger partial charge in [0.15, 0.2) is 0 Å². The second-order valence-corrected chi connectivity index (χ2v) is 5.92. The molecular weight excluding hydrogens is 338 g/mol. The van der Waals surface area contributed by atoms with Crippen molar-refractivity contribution < 1.29 is 14.6 Å². The van der Waals surface area contributed by atoms with Crippen LogP contribution in [-0.2, 0) is 6.42 Å². The van der Waals surface area contributed by atoms with E-state index >= 15 is 0 Å². The Bertz CT molecular complexity index is 784. The summed E-state index contributed by atoms with van der Waals surface area (Å²) in [6, 6.07) is 2.01. The maximum Gasteiger partial charge on any atom is 0.279 e. The molecule has 11 heteroatoms. The fourth-order valence-electron chi connectivity index (χ4n) is 1.98. The molecule has 2 rings (SSSR count). The number of benzene rings is 1. The van der Waals surface area contributed by atoms with E-state index in [9.17, 15) is 25.0 Å². The number of aromatic nitrogens is 2. The highest BCUT2D eigenvalue weighted by molar-refractivity contribution is 7.15. The zero-order valence-electron chi connectivity index (χ0n) is 12.8. The van der Waals surface area contributed by atoms with Crippen LogP contribution in [0.1, 0.15) is 34.3 Å². The van der Waals surface area contributed by atoms with Crippen LogP contribution in [0.15, 0.2) is 12.1 Å². The molecule has 1 N–H and O–H groups in total. The Morgan fingerprint density at radius 3 is 2.29 bits per heavy atom. The molecule has 0 saturated carbocycles. The van der Waals surface area contributed by atoms with E-state index in [-0.39, 0.29) is 16.3 Å². The van der Waals surface area contributed by atoms with Gasteiger partial charge < -0.3 is 0 Å². The summed E-state index contributed by atoms with van der Waals surface area (Å²) in [6.45, 7) is 3.24. The van der Waals surface area contributed by atoms with E-state index in [4.69, 9.17) is 0 Å². The summed E-state index contributed by atoms with van der Waals surface area (Å²) in [5.74, 6) is -0.722. The molecule has 0 bridgehead atoms. The second-order valence-electron chi connectivity index (χ2n) is 4.86. The van der Waals surface area contributed by atoms with Crippen molar-refractivity contribution in [2.24, 2.45) is 0 Å². The molecule has 0 aliphatic carbocycles. The lowest BCUT2D eigenvalue weighted by molar-refractivity contribution is -0.395. The van der Waals surface area contributed by atoms with Crippen molar-refractivity contribution in [2.45, 2.75) is 26.7 Å². The van der Waals surface area contributed by atoms with Gasteiger partial charge in [-0.25, -0.2) is 0 Å². The normalized spacial score (nSPS) is 10.4. The third-order valence-corrected chi connectivity index (χ3v) is 4.06. The largest absolute Gasteiger partial charge is 0.296 e. The number of carbonyl (C=O) groups is 1. The van der Waals surface area contributed by atoms with Crippen LogP contribution >= 0.6 is 11.3 Å². The average molecular weight is 351 g/mol. The minimum Gasteiger partial charge on any atom is -0.296 e. The van der Waals surface area contributed by atoms with Crippen LogP contribution in [0.5, 0.6) is 0 Å². The summed E-state index contributed by atoms with van der Waals surface area (Å²) in [5.41, 5.74) is -1.27. The first-order valence-electron chi connectivity index (χ1n) is 6.90. The molecule has 2 aromatic rings. The lowest BCUT2D eigenvalue weighted by Crippen LogP contribution is -2.13. The van der Waals surface area contributed by atoms with Crippen LogP contribution in [0.3, 0.4) is 0 Å². The fourth-order valence-corrected chi connectivity index (χ4v) is 2.82. The number of hydrogen-bond donors (Lipinski definition) is 1. The maximum absolute atomic E-state index is 12.2. The molecule has 0 spiro atoms. The number of anilines is 1. The number of nitrogens with zero attached hydrogens (tertiary/aromatic N) is 4. The van der Waals surface area contributed by atoms with Gasteiger partial charge in [-0.15, -0.1) is 10.2 Å². The first-order valence-corrected chi connectivity index (χ1v) is 7.72. The van der Waals surface area contributed by atoms with Gasteiger partial charge in [-0.1, -0.05) is 18.3 Å². The Hall–Kier alpha value is -2.95. The van der Waals surface area contributed by atoms with Crippen molar-refractivity contribution in [1.29, 1.82) is 0 Å². The topological polar surface area (TPSA) is 141 Å². The molecule has 0 radical (unpaired) electrons. The number of nitrogens with one attached hydrogen (secondary N) is 1. The van der Waals surface area contributed by atoms with Crippen molar-refractivity contribution in [3.8, 4) is 0 Å². The molecule has 0 fully saturated rings. The Balaban J connectivity index is 2.34. The third kappa shape index (κ3) is 3.68. The Labute approximate surface area is 139 Å². The summed E-state index contributed by atoms with van der Waals surface area (Å²) in [7, 11) is 0. The molecule has 1 amide bonds. The predicted octanol–water partition coefficient (Wildman–Crippen LogP) is 2.87. The molecule has 0 aliphatic rings. The number of rotatable bonds is 6. The number of nitro groups is 2. The number of amides is 1. The van der Waals surface area contributed by atoms with Gasteiger partial charge in [-0.3, -0.25) is 30.3 Å². The van der Waals surface area contributed by atoms with E-state index in [0.29, 0.717) is 0 Å². The monoisotopic (exact) mass is 351 g/mol. The number of carbonyl (C=O) groups excluding carboxylic acids is 1. The van der Waals surface area contributed by atoms with E-state index < -0.39 is 27.1 Å². The number of hydrogen-bond acceptors (Lipinski definition) is 8. The lowest BCUT2D eigenvalue weighted by Gasteiger charge is -2.04. The van der Waals surface area contributed by atoms with Crippen LogP contribution in [0.25, 0.3) is 0 Å². The molecule has 10 nitrogen and oxygen atoms in total. The predicted molar refractivity (Wildman–Crippen MR) is 86.3 cm³/mol. The smallest absolute Gasteiger partial charge is 0.279 e. The van der Waals surface area contributed by atoms with Gasteiger partial charge in [0, 0.05) is 18.6 Å². The van der Waals surface area contributed by atoms with E-state index in [1.807, 2.05) is 6.92 Å². The van der Waals surface area contributed by atoms with Gasteiger partial charge in [0.05, 0.1) is 15.4 Å². The Kier molecular flexibility index (Phi) is 5.14. The Morgan fingerprint density at radius 2 is 1.79 bits per heavy atom. The van der Waals surface area contributed by atoms with Gasteiger partial charge in [0.25, 0.3) is 17.3 Å². The summed E-state index contributed by atoms with van der Waals surface area (Å²) < 4.78 is 0. The van der Waals surface area contributed by atoms with Crippen molar-refractivity contribution in [3.63, 3.8) is 0 Å².